The molecule has 0 amide bonds. The van der Waals surface area contributed by atoms with Crippen LogP contribution in [-0.2, 0) is 13.0 Å². The maximum Gasteiger partial charge on any atom is 0.256 e. The highest BCUT2D eigenvalue weighted by atomic mass is 32.1. The average Bonchev–Trinajstić information content (AvgIpc) is 2.32. The first kappa shape index (κ1) is 12.3. The molecule has 0 saturated heterocycles. The van der Waals surface area contributed by atoms with E-state index in [1.165, 1.54) is 4.57 Å². The summed E-state index contributed by atoms with van der Waals surface area (Å²) >= 11 is 4.89. The van der Waals surface area contributed by atoms with Crippen LogP contribution in [-0.4, -0.2) is 21.2 Å². The molecule has 0 saturated carbocycles. The summed E-state index contributed by atoms with van der Waals surface area (Å²) in [6.07, 6.45) is -1.79. The van der Waals surface area contributed by atoms with Gasteiger partial charge in [0.2, 0.25) is 0 Å². The standard InChI is InChI=1S/C9H15F2N3S/c1-9(2,3)4-7-12-13-8(15)14(7)5-6(10)11/h6H,4-5H2,1-3H3,(H,13,15). The highest BCUT2D eigenvalue weighted by Gasteiger charge is 2.18. The SMILES string of the molecule is CC(C)(C)Cc1n[nH]c(=S)n1CC(F)F. The van der Waals surface area contributed by atoms with Crippen molar-refractivity contribution in [2.75, 3.05) is 0 Å². The second-order valence-corrected chi connectivity index (χ2v) is 5.07. The van der Waals surface area contributed by atoms with Crippen LogP contribution in [0.15, 0.2) is 0 Å². The van der Waals surface area contributed by atoms with Gasteiger partial charge < -0.3 is 0 Å². The Hall–Kier alpha value is -0.780. The van der Waals surface area contributed by atoms with Gasteiger partial charge in [-0.25, -0.2) is 8.78 Å². The number of hydrogen-bond acceptors (Lipinski definition) is 2. The summed E-state index contributed by atoms with van der Waals surface area (Å²) in [4.78, 5) is 0. The van der Waals surface area contributed by atoms with Crippen LogP contribution in [0.3, 0.4) is 0 Å². The second kappa shape index (κ2) is 4.38. The van der Waals surface area contributed by atoms with Gasteiger partial charge in [-0.1, -0.05) is 20.8 Å². The molecule has 3 nitrogen and oxygen atoms in total. The Balaban J connectivity index is 2.94. The highest BCUT2D eigenvalue weighted by molar-refractivity contribution is 7.71. The molecular formula is C9H15F2N3S. The quantitative estimate of drug-likeness (QED) is 0.817. The topological polar surface area (TPSA) is 33.6 Å². The molecule has 1 heterocycles. The van der Waals surface area contributed by atoms with Gasteiger partial charge >= 0.3 is 0 Å². The van der Waals surface area contributed by atoms with Crippen molar-refractivity contribution in [3.05, 3.63) is 10.6 Å². The molecule has 1 aromatic rings. The van der Waals surface area contributed by atoms with Crippen molar-refractivity contribution < 1.29 is 8.78 Å². The smallest absolute Gasteiger partial charge is 0.256 e. The van der Waals surface area contributed by atoms with Crippen LogP contribution < -0.4 is 0 Å². The Bertz CT molecular complexity index is 375. The van der Waals surface area contributed by atoms with Crippen molar-refractivity contribution in [3.63, 3.8) is 0 Å². The summed E-state index contributed by atoms with van der Waals surface area (Å²) in [6.45, 7) is 5.69. The lowest BCUT2D eigenvalue weighted by atomic mass is 9.92. The lowest BCUT2D eigenvalue weighted by Crippen LogP contribution is -2.17. The Labute approximate surface area is 92.5 Å². The first-order valence-electron chi connectivity index (χ1n) is 4.72. The molecular weight excluding hydrogens is 220 g/mol. The highest BCUT2D eigenvalue weighted by Crippen LogP contribution is 2.19. The third kappa shape index (κ3) is 3.70. The van der Waals surface area contributed by atoms with Crippen LogP contribution in [0.25, 0.3) is 0 Å². The fraction of sp³-hybridized carbons (Fsp3) is 0.778. The Morgan fingerprint density at radius 3 is 2.53 bits per heavy atom. The van der Waals surface area contributed by atoms with Crippen LogP contribution in [0.1, 0.15) is 26.6 Å². The van der Waals surface area contributed by atoms with E-state index in [-0.39, 0.29) is 16.7 Å². The van der Waals surface area contributed by atoms with Crippen molar-refractivity contribution in [3.8, 4) is 0 Å². The van der Waals surface area contributed by atoms with Crippen LogP contribution in [0.5, 0.6) is 0 Å². The Morgan fingerprint density at radius 1 is 1.47 bits per heavy atom. The number of nitrogens with one attached hydrogen (secondary N) is 1. The number of nitrogens with zero attached hydrogens (tertiary/aromatic N) is 2. The van der Waals surface area contributed by atoms with Gasteiger partial charge in [-0.05, 0) is 17.6 Å². The number of hydrogen-bond donors (Lipinski definition) is 1. The van der Waals surface area contributed by atoms with Gasteiger partial charge in [0.25, 0.3) is 6.43 Å². The van der Waals surface area contributed by atoms with Crippen molar-refractivity contribution in [1.82, 2.24) is 14.8 Å². The second-order valence-electron chi connectivity index (χ2n) is 4.68. The Morgan fingerprint density at radius 2 is 2.07 bits per heavy atom. The fourth-order valence-corrected chi connectivity index (χ4v) is 1.51. The van der Waals surface area contributed by atoms with Gasteiger partial charge in [0.05, 0.1) is 6.54 Å². The van der Waals surface area contributed by atoms with Crippen LogP contribution in [0.2, 0.25) is 0 Å². The molecule has 6 heteroatoms. The summed E-state index contributed by atoms with van der Waals surface area (Å²) in [5.41, 5.74) is 0.000832. The van der Waals surface area contributed by atoms with Crippen molar-refractivity contribution in [1.29, 1.82) is 0 Å². The van der Waals surface area contributed by atoms with Crippen LogP contribution >= 0.6 is 12.2 Å². The van der Waals surface area contributed by atoms with E-state index < -0.39 is 6.43 Å². The van der Waals surface area contributed by atoms with Gasteiger partial charge in [0.15, 0.2) is 4.77 Å². The first-order chi connectivity index (χ1) is 6.79. The molecule has 0 bridgehead atoms. The van der Waals surface area contributed by atoms with Crippen molar-refractivity contribution >= 4 is 12.2 Å². The molecule has 0 aliphatic carbocycles. The molecule has 0 atom stereocenters. The summed E-state index contributed by atoms with van der Waals surface area (Å²) in [5.74, 6) is 0.591. The monoisotopic (exact) mass is 235 g/mol. The molecule has 0 aromatic carbocycles. The number of aromatic nitrogens is 3. The van der Waals surface area contributed by atoms with Crippen molar-refractivity contribution in [2.24, 2.45) is 5.41 Å². The van der Waals surface area contributed by atoms with E-state index in [0.29, 0.717) is 12.2 Å². The normalized spacial score (nSPS) is 12.4. The van der Waals surface area contributed by atoms with Gasteiger partial charge in [0.1, 0.15) is 5.82 Å². The molecule has 0 radical (unpaired) electrons. The van der Waals surface area contributed by atoms with E-state index in [1.807, 2.05) is 20.8 Å². The molecule has 0 aliphatic heterocycles. The van der Waals surface area contributed by atoms with Crippen molar-refractivity contribution in [2.45, 2.75) is 40.2 Å². The third-order valence-corrected chi connectivity index (χ3v) is 2.16. The molecule has 0 unspecified atom stereocenters. The zero-order valence-corrected chi connectivity index (χ0v) is 9.87. The number of halogens is 2. The predicted octanol–water partition coefficient (Wildman–Crippen LogP) is 2.79. The minimum Gasteiger partial charge on any atom is -0.298 e. The minimum absolute atomic E-state index is 0.000832. The largest absolute Gasteiger partial charge is 0.298 e. The molecule has 15 heavy (non-hydrogen) atoms. The van der Waals surface area contributed by atoms with E-state index >= 15 is 0 Å². The van der Waals surface area contributed by atoms with Gasteiger partial charge in [-0.2, -0.15) is 5.10 Å². The number of alkyl halides is 2. The molecule has 0 fully saturated rings. The van der Waals surface area contributed by atoms with E-state index in [4.69, 9.17) is 12.2 Å². The van der Waals surface area contributed by atoms with E-state index in [1.54, 1.807) is 0 Å². The molecule has 0 spiro atoms. The molecule has 1 aromatic heterocycles. The molecule has 86 valence electrons. The summed E-state index contributed by atoms with van der Waals surface area (Å²) in [6, 6.07) is 0. The average molecular weight is 235 g/mol. The first-order valence-corrected chi connectivity index (χ1v) is 5.12. The third-order valence-electron chi connectivity index (χ3n) is 1.85. The molecule has 1 rings (SSSR count). The lowest BCUT2D eigenvalue weighted by Gasteiger charge is -2.17. The summed E-state index contributed by atoms with van der Waals surface area (Å²) in [5, 5.41) is 6.51. The maximum absolute atomic E-state index is 12.3. The minimum atomic E-state index is -2.41. The zero-order valence-electron chi connectivity index (χ0n) is 9.05. The lowest BCUT2D eigenvalue weighted by molar-refractivity contribution is 0.124. The van der Waals surface area contributed by atoms with E-state index in [0.717, 1.165) is 0 Å². The van der Waals surface area contributed by atoms with Crippen LogP contribution in [0, 0.1) is 10.2 Å². The maximum atomic E-state index is 12.3. The molecule has 0 aliphatic rings. The zero-order chi connectivity index (χ0) is 11.6. The van der Waals surface area contributed by atoms with Crippen LogP contribution in [0.4, 0.5) is 8.78 Å². The van der Waals surface area contributed by atoms with E-state index in [2.05, 4.69) is 10.2 Å². The van der Waals surface area contributed by atoms with E-state index in [9.17, 15) is 8.78 Å². The Kier molecular flexibility index (Phi) is 3.59. The number of H-pyrrole nitrogens is 1. The van der Waals surface area contributed by atoms with Gasteiger partial charge in [-0.15, -0.1) is 0 Å². The van der Waals surface area contributed by atoms with Gasteiger partial charge in [0, 0.05) is 6.42 Å². The summed E-state index contributed by atoms with van der Waals surface area (Å²) < 4.78 is 26.2. The summed E-state index contributed by atoms with van der Waals surface area (Å²) in [7, 11) is 0. The predicted molar refractivity (Wildman–Crippen MR) is 56.6 cm³/mol. The fourth-order valence-electron chi connectivity index (χ4n) is 1.29. The van der Waals surface area contributed by atoms with Gasteiger partial charge in [-0.3, -0.25) is 9.67 Å². The number of rotatable bonds is 3. The number of aromatic amines is 1. The molecule has 1 N–H and O–H groups in total.